The third-order valence-corrected chi connectivity index (χ3v) is 2.58. The van der Waals surface area contributed by atoms with Crippen LogP contribution in [0, 0.1) is 12.3 Å². The Bertz CT molecular complexity index is 474. The number of hydrogen-bond donors (Lipinski definition) is 0. The number of aromatic nitrogens is 1. The van der Waals surface area contributed by atoms with Crippen molar-refractivity contribution in [2.45, 2.75) is 5.92 Å². The lowest BCUT2D eigenvalue weighted by molar-refractivity contribution is 0.820. The Morgan fingerprint density at radius 1 is 1.13 bits per heavy atom. The van der Waals surface area contributed by atoms with Crippen molar-refractivity contribution in [3.63, 3.8) is 0 Å². The maximum absolute atomic E-state index is 5.60. The topological polar surface area (TPSA) is 4.93 Å². The Balaban J connectivity index is 2.43. The molecule has 0 N–H and O–H groups in total. The Labute approximate surface area is 90.4 Å². The summed E-state index contributed by atoms with van der Waals surface area (Å²) in [6, 6.07) is 14.3. The van der Waals surface area contributed by atoms with E-state index in [1.807, 2.05) is 37.5 Å². The molecule has 15 heavy (non-hydrogen) atoms. The van der Waals surface area contributed by atoms with Crippen molar-refractivity contribution in [2.24, 2.45) is 7.05 Å². The molecule has 0 fully saturated rings. The second-order valence-electron chi connectivity index (χ2n) is 3.55. The average Bonchev–Trinajstić information content (AvgIpc) is 2.68. The Morgan fingerprint density at radius 2 is 1.87 bits per heavy atom. The number of hydrogen-bond acceptors (Lipinski definition) is 0. The zero-order valence-electron chi connectivity index (χ0n) is 8.72. The first-order valence-electron chi connectivity index (χ1n) is 4.95. The van der Waals surface area contributed by atoms with Gasteiger partial charge in [-0.2, -0.15) is 0 Å². The van der Waals surface area contributed by atoms with Gasteiger partial charge in [0.05, 0.1) is 5.92 Å². The molecule has 1 atom stereocenters. The third kappa shape index (κ3) is 1.80. The largest absolute Gasteiger partial charge is 0.353 e. The highest BCUT2D eigenvalue weighted by atomic mass is 14.9. The molecule has 0 aliphatic rings. The highest BCUT2D eigenvalue weighted by Gasteiger charge is 2.12. The molecule has 1 heterocycles. The normalized spacial score (nSPS) is 12.0. The first-order chi connectivity index (χ1) is 7.33. The Morgan fingerprint density at radius 3 is 2.40 bits per heavy atom. The van der Waals surface area contributed by atoms with Gasteiger partial charge >= 0.3 is 0 Å². The first-order valence-corrected chi connectivity index (χ1v) is 4.95. The summed E-state index contributed by atoms with van der Waals surface area (Å²) in [5.74, 6) is 2.89. The van der Waals surface area contributed by atoms with Gasteiger partial charge in [-0.1, -0.05) is 36.3 Å². The third-order valence-electron chi connectivity index (χ3n) is 2.58. The van der Waals surface area contributed by atoms with Gasteiger partial charge in [0.2, 0.25) is 0 Å². The lowest BCUT2D eigenvalue weighted by Gasteiger charge is -2.12. The molecule has 1 aromatic carbocycles. The molecule has 1 unspecified atom stereocenters. The van der Waals surface area contributed by atoms with Crippen molar-refractivity contribution in [2.75, 3.05) is 0 Å². The van der Waals surface area contributed by atoms with Gasteiger partial charge in [-0.15, -0.1) is 6.42 Å². The fourth-order valence-corrected chi connectivity index (χ4v) is 1.77. The predicted molar refractivity (Wildman–Crippen MR) is 62.5 cm³/mol. The summed E-state index contributed by atoms with van der Waals surface area (Å²) in [7, 11) is 2.02. The van der Waals surface area contributed by atoms with Crippen molar-refractivity contribution in [3.05, 3.63) is 59.9 Å². The smallest absolute Gasteiger partial charge is 0.0851 e. The van der Waals surface area contributed by atoms with E-state index >= 15 is 0 Å². The monoisotopic (exact) mass is 195 g/mol. The van der Waals surface area contributed by atoms with Crippen LogP contribution in [-0.2, 0) is 7.05 Å². The van der Waals surface area contributed by atoms with Crippen molar-refractivity contribution in [1.29, 1.82) is 0 Å². The summed E-state index contributed by atoms with van der Waals surface area (Å²) in [5.41, 5.74) is 2.32. The predicted octanol–water partition coefficient (Wildman–Crippen LogP) is 2.79. The maximum atomic E-state index is 5.60. The highest BCUT2D eigenvalue weighted by Crippen LogP contribution is 2.23. The molecular formula is C14H13N. The zero-order chi connectivity index (χ0) is 10.7. The maximum Gasteiger partial charge on any atom is 0.0851 e. The molecule has 0 saturated heterocycles. The van der Waals surface area contributed by atoms with Crippen LogP contribution in [0.3, 0.4) is 0 Å². The average molecular weight is 195 g/mol. The lowest BCUT2D eigenvalue weighted by Crippen LogP contribution is -2.03. The van der Waals surface area contributed by atoms with Crippen molar-refractivity contribution in [3.8, 4) is 12.3 Å². The summed E-state index contributed by atoms with van der Waals surface area (Å²) < 4.78 is 2.07. The van der Waals surface area contributed by atoms with E-state index in [-0.39, 0.29) is 5.92 Å². The summed E-state index contributed by atoms with van der Waals surface area (Å²) in [6.07, 6.45) is 7.62. The molecular weight excluding hydrogens is 182 g/mol. The van der Waals surface area contributed by atoms with Gasteiger partial charge in [0.25, 0.3) is 0 Å². The minimum atomic E-state index is 0.0474. The van der Waals surface area contributed by atoms with E-state index in [1.165, 1.54) is 5.56 Å². The molecule has 74 valence electrons. The minimum absolute atomic E-state index is 0.0474. The van der Waals surface area contributed by atoms with Crippen LogP contribution in [0.5, 0.6) is 0 Å². The van der Waals surface area contributed by atoms with E-state index in [9.17, 15) is 0 Å². The van der Waals surface area contributed by atoms with Crippen LogP contribution in [0.2, 0.25) is 0 Å². The SMILES string of the molecule is C#CC(c1ccccc1)c1cccn1C. The lowest BCUT2D eigenvalue weighted by atomic mass is 9.97. The van der Waals surface area contributed by atoms with E-state index in [0.29, 0.717) is 0 Å². The molecule has 0 spiro atoms. The van der Waals surface area contributed by atoms with Gasteiger partial charge in [0, 0.05) is 18.9 Å². The molecule has 0 aliphatic carbocycles. The van der Waals surface area contributed by atoms with Crippen LogP contribution in [0.15, 0.2) is 48.7 Å². The molecule has 2 rings (SSSR count). The van der Waals surface area contributed by atoms with Crippen LogP contribution in [-0.4, -0.2) is 4.57 Å². The van der Waals surface area contributed by atoms with Gasteiger partial charge in [0.1, 0.15) is 0 Å². The van der Waals surface area contributed by atoms with Gasteiger partial charge in [-0.3, -0.25) is 0 Å². The van der Waals surface area contributed by atoms with E-state index < -0.39 is 0 Å². The van der Waals surface area contributed by atoms with Crippen LogP contribution >= 0.6 is 0 Å². The number of nitrogens with zero attached hydrogens (tertiary/aromatic N) is 1. The highest BCUT2D eigenvalue weighted by molar-refractivity contribution is 5.36. The van der Waals surface area contributed by atoms with E-state index in [0.717, 1.165) is 5.69 Å². The van der Waals surface area contributed by atoms with Crippen molar-refractivity contribution >= 4 is 0 Å². The van der Waals surface area contributed by atoms with Crippen molar-refractivity contribution in [1.82, 2.24) is 4.57 Å². The van der Waals surface area contributed by atoms with Gasteiger partial charge < -0.3 is 4.57 Å². The molecule has 1 heteroatoms. The van der Waals surface area contributed by atoms with E-state index in [2.05, 4.69) is 28.7 Å². The first kappa shape index (κ1) is 9.61. The number of benzene rings is 1. The van der Waals surface area contributed by atoms with Crippen molar-refractivity contribution < 1.29 is 0 Å². The molecule has 0 radical (unpaired) electrons. The summed E-state index contributed by atoms with van der Waals surface area (Å²) in [5, 5.41) is 0. The summed E-state index contributed by atoms with van der Waals surface area (Å²) in [6.45, 7) is 0. The minimum Gasteiger partial charge on any atom is -0.353 e. The fraction of sp³-hybridized carbons (Fsp3) is 0.143. The van der Waals surface area contributed by atoms with Crippen LogP contribution in [0.1, 0.15) is 17.2 Å². The molecule has 0 saturated carbocycles. The summed E-state index contributed by atoms with van der Waals surface area (Å²) >= 11 is 0. The standard InChI is InChI=1S/C14H13N/c1-3-13(12-8-5-4-6-9-12)14-10-7-11-15(14)2/h1,4-11,13H,2H3. The second-order valence-corrected chi connectivity index (χ2v) is 3.55. The molecule has 0 bridgehead atoms. The zero-order valence-corrected chi connectivity index (χ0v) is 8.72. The van der Waals surface area contributed by atoms with E-state index in [4.69, 9.17) is 6.42 Å². The van der Waals surface area contributed by atoms with Crippen LogP contribution in [0.4, 0.5) is 0 Å². The van der Waals surface area contributed by atoms with Gasteiger partial charge in [0.15, 0.2) is 0 Å². The number of terminal acetylenes is 1. The van der Waals surface area contributed by atoms with Gasteiger partial charge in [-0.05, 0) is 17.7 Å². The quantitative estimate of drug-likeness (QED) is 0.649. The number of aryl methyl sites for hydroxylation is 1. The Kier molecular flexibility index (Phi) is 2.60. The summed E-state index contributed by atoms with van der Waals surface area (Å²) in [4.78, 5) is 0. The second kappa shape index (κ2) is 4.06. The molecule has 0 aliphatic heterocycles. The fourth-order valence-electron chi connectivity index (χ4n) is 1.77. The van der Waals surface area contributed by atoms with Crippen LogP contribution in [0.25, 0.3) is 0 Å². The molecule has 2 aromatic rings. The molecule has 1 nitrogen and oxygen atoms in total. The van der Waals surface area contributed by atoms with Crippen LogP contribution < -0.4 is 0 Å². The molecule has 0 amide bonds. The van der Waals surface area contributed by atoms with E-state index in [1.54, 1.807) is 0 Å². The molecule has 1 aromatic heterocycles. The Hall–Kier alpha value is -1.94. The van der Waals surface area contributed by atoms with Gasteiger partial charge in [-0.25, -0.2) is 0 Å². The number of rotatable bonds is 2.